The van der Waals surface area contributed by atoms with Gasteiger partial charge in [0, 0.05) is 17.3 Å². The Bertz CT molecular complexity index is 880. The van der Waals surface area contributed by atoms with Gasteiger partial charge < -0.3 is 9.47 Å². The maximum Gasteiger partial charge on any atom is 0.338 e. The molecule has 4 nitrogen and oxygen atoms in total. The quantitative estimate of drug-likeness (QED) is 0.520. The highest BCUT2D eigenvalue weighted by Gasteiger charge is 2.69. The Hall–Kier alpha value is -1.68. The third-order valence-electron chi connectivity index (χ3n) is 10.0. The molecule has 0 N–H and O–H groups in total. The monoisotopic (exact) mass is 408 g/mol. The van der Waals surface area contributed by atoms with Crippen LogP contribution in [-0.2, 0) is 14.3 Å². The summed E-state index contributed by atoms with van der Waals surface area (Å²) in [6.07, 6.45) is 7.56. The number of hydrogen-bond acceptors (Lipinski definition) is 4. The van der Waals surface area contributed by atoms with Gasteiger partial charge in [0.1, 0.15) is 12.2 Å². The minimum Gasteiger partial charge on any atom is -0.458 e. The van der Waals surface area contributed by atoms with Crippen molar-refractivity contribution in [2.75, 3.05) is 0 Å². The van der Waals surface area contributed by atoms with Crippen LogP contribution in [0.25, 0.3) is 0 Å². The zero-order valence-corrected chi connectivity index (χ0v) is 18.0. The number of ether oxygens (including phenoxy) is 2. The second-order valence-corrected chi connectivity index (χ2v) is 11.0. The average molecular weight is 409 g/mol. The summed E-state index contributed by atoms with van der Waals surface area (Å²) in [7, 11) is 0. The molecule has 5 fully saturated rings. The van der Waals surface area contributed by atoms with E-state index in [-0.39, 0.29) is 35.1 Å². The van der Waals surface area contributed by atoms with E-state index in [4.69, 9.17) is 9.47 Å². The highest BCUT2D eigenvalue weighted by Crippen LogP contribution is 2.68. The molecule has 5 aliphatic rings. The summed E-state index contributed by atoms with van der Waals surface area (Å²) < 4.78 is 12.1. The molecule has 30 heavy (non-hydrogen) atoms. The Morgan fingerprint density at radius 3 is 2.63 bits per heavy atom. The number of hydrogen-bond donors (Lipinski definition) is 0. The fourth-order valence-corrected chi connectivity index (χ4v) is 8.34. The lowest BCUT2D eigenvalue weighted by Gasteiger charge is -2.59. The second-order valence-electron chi connectivity index (χ2n) is 11.0. The maximum absolute atomic E-state index is 12.7. The molecular weight excluding hydrogens is 376 g/mol. The number of fused-ring (bicyclic) bond motifs is 7. The van der Waals surface area contributed by atoms with Crippen LogP contribution >= 0.6 is 0 Å². The Balaban J connectivity index is 1.23. The van der Waals surface area contributed by atoms with Crippen LogP contribution in [0.2, 0.25) is 0 Å². The van der Waals surface area contributed by atoms with Gasteiger partial charge in [0.2, 0.25) is 0 Å². The van der Waals surface area contributed by atoms with Gasteiger partial charge in [-0.25, -0.2) is 4.79 Å². The smallest absolute Gasteiger partial charge is 0.338 e. The Morgan fingerprint density at radius 2 is 1.83 bits per heavy atom. The number of Topliss-reactive ketones (excluding diaryl/α,β-unsaturated/α-hetero) is 1. The number of ketones is 1. The standard InChI is InChI=1S/C26H32O4/c1-25-13-12-19-17(9-8-16-14-20(27)22-23(30-22)26(16,19)2)18(25)10-11-21(25)29-24(28)15-6-4-3-5-7-15/h3-7,16-19,21-23H,8-14H2,1-2H3/t16-,17-,18-,19-,21-,22-,23-,25-,26-/m0/s1. The fraction of sp³-hybridized carbons (Fsp3) is 0.692. The van der Waals surface area contributed by atoms with Gasteiger partial charge in [-0.2, -0.15) is 0 Å². The van der Waals surface area contributed by atoms with Crippen LogP contribution in [0.15, 0.2) is 30.3 Å². The zero-order valence-electron chi connectivity index (χ0n) is 18.0. The number of carbonyl (C=O) groups is 2. The molecule has 4 heteroatoms. The highest BCUT2D eigenvalue weighted by molar-refractivity contribution is 5.89. The van der Waals surface area contributed by atoms with Crippen LogP contribution < -0.4 is 0 Å². The summed E-state index contributed by atoms with van der Waals surface area (Å²) in [5.41, 5.74) is 0.875. The van der Waals surface area contributed by atoms with Gasteiger partial charge in [-0.1, -0.05) is 32.0 Å². The summed E-state index contributed by atoms with van der Waals surface area (Å²) in [6, 6.07) is 9.39. The summed E-state index contributed by atoms with van der Waals surface area (Å²) in [6.45, 7) is 4.80. The largest absolute Gasteiger partial charge is 0.458 e. The first-order valence-corrected chi connectivity index (χ1v) is 11.9. The summed E-state index contributed by atoms with van der Waals surface area (Å²) >= 11 is 0. The molecule has 0 amide bonds. The summed E-state index contributed by atoms with van der Waals surface area (Å²) in [5, 5.41) is 0. The van der Waals surface area contributed by atoms with Gasteiger partial charge in [0.15, 0.2) is 5.78 Å². The number of benzene rings is 1. The van der Waals surface area contributed by atoms with Gasteiger partial charge in [-0.05, 0) is 74.3 Å². The molecule has 0 radical (unpaired) electrons. The van der Waals surface area contributed by atoms with Crippen molar-refractivity contribution in [3.8, 4) is 0 Å². The van der Waals surface area contributed by atoms with Crippen molar-refractivity contribution in [1.29, 1.82) is 0 Å². The normalized spacial score (nSPS) is 48.7. The molecule has 1 aromatic carbocycles. The van der Waals surface area contributed by atoms with Gasteiger partial charge in [0.05, 0.1) is 11.7 Å². The van der Waals surface area contributed by atoms with E-state index >= 15 is 0 Å². The van der Waals surface area contributed by atoms with Crippen LogP contribution in [0.1, 0.15) is 69.2 Å². The van der Waals surface area contributed by atoms with E-state index in [9.17, 15) is 9.59 Å². The minimum atomic E-state index is -0.180. The Kier molecular flexibility index (Phi) is 4.07. The van der Waals surface area contributed by atoms with Crippen molar-refractivity contribution in [2.24, 2.45) is 34.5 Å². The van der Waals surface area contributed by atoms with Gasteiger partial charge in [0.25, 0.3) is 0 Å². The lowest BCUT2D eigenvalue weighted by molar-refractivity contribution is -0.137. The van der Waals surface area contributed by atoms with Crippen LogP contribution in [0, 0.1) is 34.5 Å². The van der Waals surface area contributed by atoms with Crippen molar-refractivity contribution in [3.63, 3.8) is 0 Å². The molecule has 0 bridgehead atoms. The molecule has 9 atom stereocenters. The van der Waals surface area contributed by atoms with Crippen LogP contribution in [0.3, 0.4) is 0 Å². The second kappa shape index (κ2) is 6.41. The van der Waals surface area contributed by atoms with E-state index in [1.807, 2.05) is 30.3 Å². The first kappa shape index (κ1) is 19.0. The molecule has 0 spiro atoms. The lowest BCUT2D eigenvalue weighted by atomic mass is 9.45. The maximum atomic E-state index is 12.7. The molecule has 0 unspecified atom stereocenters. The van der Waals surface area contributed by atoms with Crippen molar-refractivity contribution < 1.29 is 19.1 Å². The lowest BCUT2D eigenvalue weighted by Crippen LogP contribution is -2.57. The zero-order chi connectivity index (χ0) is 20.7. The predicted molar refractivity (Wildman–Crippen MR) is 112 cm³/mol. The van der Waals surface area contributed by atoms with E-state index in [1.54, 1.807) is 0 Å². The van der Waals surface area contributed by atoms with Crippen molar-refractivity contribution in [2.45, 2.75) is 77.1 Å². The minimum absolute atomic E-state index is 0.0135. The number of rotatable bonds is 2. The molecule has 6 rings (SSSR count). The third kappa shape index (κ3) is 2.49. The summed E-state index contributed by atoms with van der Waals surface area (Å²) in [5.74, 6) is 2.57. The molecule has 4 aliphatic carbocycles. The molecule has 160 valence electrons. The molecular formula is C26H32O4. The van der Waals surface area contributed by atoms with Gasteiger partial charge in [-0.3, -0.25) is 4.79 Å². The molecule has 1 saturated heterocycles. The molecule has 1 heterocycles. The number of esters is 1. The van der Waals surface area contributed by atoms with Crippen LogP contribution in [-0.4, -0.2) is 30.1 Å². The molecule has 4 saturated carbocycles. The predicted octanol–water partition coefficient (Wildman–Crippen LogP) is 4.81. The third-order valence-corrected chi connectivity index (χ3v) is 10.0. The first-order valence-electron chi connectivity index (χ1n) is 11.9. The molecule has 0 aromatic heterocycles. The first-order chi connectivity index (χ1) is 14.4. The van der Waals surface area contributed by atoms with E-state index < -0.39 is 0 Å². The topological polar surface area (TPSA) is 55.9 Å². The van der Waals surface area contributed by atoms with E-state index in [1.165, 1.54) is 12.8 Å². The Morgan fingerprint density at radius 1 is 1.03 bits per heavy atom. The van der Waals surface area contributed by atoms with Crippen molar-refractivity contribution >= 4 is 11.8 Å². The van der Waals surface area contributed by atoms with Crippen molar-refractivity contribution in [1.82, 2.24) is 0 Å². The van der Waals surface area contributed by atoms with Crippen LogP contribution in [0.4, 0.5) is 0 Å². The van der Waals surface area contributed by atoms with Gasteiger partial charge in [-0.15, -0.1) is 0 Å². The average Bonchev–Trinajstić information content (AvgIpc) is 3.50. The van der Waals surface area contributed by atoms with Gasteiger partial charge >= 0.3 is 5.97 Å². The number of carbonyl (C=O) groups excluding carboxylic acids is 2. The fourth-order valence-electron chi connectivity index (χ4n) is 8.34. The summed E-state index contributed by atoms with van der Waals surface area (Å²) in [4.78, 5) is 25.1. The van der Waals surface area contributed by atoms with E-state index in [2.05, 4.69) is 13.8 Å². The SMILES string of the molecule is C[C@]12CC[C@H]3[C@@H](CC[C@H]4CC(=O)[C@@H]5O[C@@H]5[C@@]43C)[C@@H]1CC[C@@H]2OC(=O)c1ccccc1. The Labute approximate surface area is 178 Å². The number of epoxide rings is 1. The van der Waals surface area contributed by atoms with Crippen LogP contribution in [0.5, 0.6) is 0 Å². The van der Waals surface area contributed by atoms with Crippen molar-refractivity contribution in [3.05, 3.63) is 35.9 Å². The van der Waals surface area contributed by atoms with E-state index in [0.717, 1.165) is 32.1 Å². The highest BCUT2D eigenvalue weighted by atomic mass is 16.6. The molecule has 1 aromatic rings. The molecule has 1 aliphatic heterocycles. The van der Waals surface area contributed by atoms with E-state index in [0.29, 0.717) is 35.0 Å².